The van der Waals surface area contributed by atoms with Gasteiger partial charge in [0.1, 0.15) is 12.4 Å². The molecule has 0 aliphatic carbocycles. The molecule has 0 N–H and O–H groups in total. The third-order valence-corrected chi connectivity index (χ3v) is 2.96. The Labute approximate surface area is 117 Å². The Morgan fingerprint density at radius 3 is 2.42 bits per heavy atom. The molecule has 0 radical (unpaired) electrons. The largest absolute Gasteiger partial charge is 0.491 e. The second kappa shape index (κ2) is 6.06. The molecular formula is C14H17ClO4. The van der Waals surface area contributed by atoms with Crippen molar-refractivity contribution in [2.45, 2.75) is 20.8 Å². The molecule has 0 aromatic heterocycles. The Morgan fingerprint density at radius 2 is 1.95 bits per heavy atom. The zero-order valence-corrected chi connectivity index (χ0v) is 12.2. The summed E-state index contributed by atoms with van der Waals surface area (Å²) in [6, 6.07) is 4.80. The van der Waals surface area contributed by atoms with Gasteiger partial charge >= 0.3 is 5.97 Å². The van der Waals surface area contributed by atoms with Gasteiger partial charge in [0, 0.05) is 5.56 Å². The number of Topliss-reactive ketones (excluding diaryl/α,β-unsaturated/α-hetero) is 1. The van der Waals surface area contributed by atoms with Crippen LogP contribution in [0.1, 0.15) is 31.1 Å². The molecule has 1 aromatic carbocycles. The summed E-state index contributed by atoms with van der Waals surface area (Å²) in [5.74, 6) is 0.0102. The number of rotatable bonds is 5. The van der Waals surface area contributed by atoms with Gasteiger partial charge in [-0.05, 0) is 39.0 Å². The minimum absolute atomic E-state index is 0.0664. The highest BCUT2D eigenvalue weighted by Gasteiger charge is 2.30. The molecule has 1 rings (SSSR count). The van der Waals surface area contributed by atoms with Crippen LogP contribution in [-0.4, -0.2) is 25.5 Å². The fourth-order valence-corrected chi connectivity index (χ4v) is 1.67. The molecular weight excluding hydrogens is 268 g/mol. The van der Waals surface area contributed by atoms with Crippen LogP contribution in [-0.2, 0) is 9.53 Å². The topological polar surface area (TPSA) is 52.6 Å². The number of benzene rings is 1. The Kier molecular flexibility index (Phi) is 4.95. The number of halogens is 1. The van der Waals surface area contributed by atoms with E-state index in [0.29, 0.717) is 16.3 Å². The minimum Gasteiger partial charge on any atom is -0.491 e. The highest BCUT2D eigenvalue weighted by atomic mass is 35.5. The molecule has 4 nitrogen and oxygen atoms in total. The molecule has 0 fully saturated rings. The Hall–Kier alpha value is -1.55. The molecule has 0 aliphatic heterocycles. The zero-order valence-electron chi connectivity index (χ0n) is 11.5. The van der Waals surface area contributed by atoms with Crippen molar-refractivity contribution in [2.24, 2.45) is 5.41 Å². The molecule has 104 valence electrons. The van der Waals surface area contributed by atoms with Crippen LogP contribution in [0.5, 0.6) is 5.75 Å². The quantitative estimate of drug-likeness (QED) is 0.616. The molecule has 1 aromatic rings. The first-order chi connectivity index (χ1) is 8.77. The summed E-state index contributed by atoms with van der Waals surface area (Å²) in [5.41, 5.74) is -0.248. The van der Waals surface area contributed by atoms with E-state index in [2.05, 4.69) is 4.74 Å². The maximum atomic E-state index is 11.5. The maximum absolute atomic E-state index is 11.5. The molecule has 5 heteroatoms. The first-order valence-corrected chi connectivity index (χ1v) is 6.17. The van der Waals surface area contributed by atoms with Gasteiger partial charge in [-0.1, -0.05) is 11.6 Å². The number of methoxy groups -OCH3 is 1. The second-order valence-electron chi connectivity index (χ2n) is 4.87. The van der Waals surface area contributed by atoms with Gasteiger partial charge in [-0.2, -0.15) is 0 Å². The summed E-state index contributed by atoms with van der Waals surface area (Å²) in [7, 11) is 1.33. The van der Waals surface area contributed by atoms with Gasteiger partial charge in [0.25, 0.3) is 0 Å². The van der Waals surface area contributed by atoms with Crippen molar-refractivity contribution in [1.29, 1.82) is 0 Å². The normalized spacial score (nSPS) is 11.0. The Morgan fingerprint density at radius 1 is 1.32 bits per heavy atom. The number of carbonyl (C=O) groups is 2. The first-order valence-electron chi connectivity index (χ1n) is 5.79. The van der Waals surface area contributed by atoms with Crippen molar-refractivity contribution >= 4 is 23.4 Å². The number of ketones is 1. The molecule has 0 unspecified atom stereocenters. The number of hydrogen-bond donors (Lipinski definition) is 0. The van der Waals surface area contributed by atoms with Gasteiger partial charge in [0.15, 0.2) is 5.78 Å². The van der Waals surface area contributed by atoms with Crippen LogP contribution in [0.4, 0.5) is 0 Å². The summed E-state index contributed by atoms with van der Waals surface area (Å²) < 4.78 is 10.2. The Bertz CT molecular complexity index is 494. The summed E-state index contributed by atoms with van der Waals surface area (Å²) >= 11 is 6.02. The van der Waals surface area contributed by atoms with Crippen molar-refractivity contribution in [3.8, 4) is 5.75 Å². The lowest BCUT2D eigenvalue weighted by Crippen LogP contribution is -2.32. The van der Waals surface area contributed by atoms with Crippen LogP contribution >= 0.6 is 11.6 Å². The van der Waals surface area contributed by atoms with Crippen LogP contribution in [0.2, 0.25) is 5.02 Å². The maximum Gasteiger partial charge on any atom is 0.314 e. The monoisotopic (exact) mass is 284 g/mol. The van der Waals surface area contributed by atoms with Crippen molar-refractivity contribution in [1.82, 2.24) is 0 Å². The van der Waals surface area contributed by atoms with E-state index < -0.39 is 5.41 Å². The molecule has 0 bridgehead atoms. The lowest BCUT2D eigenvalue weighted by atomic mass is 9.95. The fraction of sp³-hybridized carbons (Fsp3) is 0.429. The van der Waals surface area contributed by atoms with Gasteiger partial charge in [-0.3, -0.25) is 9.59 Å². The minimum atomic E-state index is -0.767. The fourth-order valence-electron chi connectivity index (χ4n) is 1.43. The van der Waals surface area contributed by atoms with Crippen molar-refractivity contribution < 1.29 is 19.1 Å². The predicted molar refractivity (Wildman–Crippen MR) is 72.7 cm³/mol. The van der Waals surface area contributed by atoms with Crippen LogP contribution in [0.3, 0.4) is 0 Å². The molecule has 0 saturated carbocycles. The SMILES string of the molecule is COC(=O)C(C)(C)COc1ccc(C(C)=O)cc1Cl. The van der Waals surface area contributed by atoms with E-state index in [1.165, 1.54) is 14.0 Å². The lowest BCUT2D eigenvalue weighted by molar-refractivity contribution is -0.152. The van der Waals surface area contributed by atoms with E-state index >= 15 is 0 Å². The highest BCUT2D eigenvalue weighted by Crippen LogP contribution is 2.28. The summed E-state index contributed by atoms with van der Waals surface area (Å²) in [6.45, 7) is 5.04. The molecule has 0 atom stereocenters. The van der Waals surface area contributed by atoms with Crippen molar-refractivity contribution in [3.05, 3.63) is 28.8 Å². The van der Waals surface area contributed by atoms with E-state index in [0.717, 1.165) is 0 Å². The van der Waals surface area contributed by atoms with E-state index in [-0.39, 0.29) is 18.4 Å². The molecule has 0 amide bonds. The number of ether oxygens (including phenoxy) is 2. The summed E-state index contributed by atoms with van der Waals surface area (Å²) in [4.78, 5) is 22.7. The van der Waals surface area contributed by atoms with E-state index in [4.69, 9.17) is 16.3 Å². The van der Waals surface area contributed by atoms with Crippen molar-refractivity contribution in [3.63, 3.8) is 0 Å². The first kappa shape index (κ1) is 15.5. The van der Waals surface area contributed by atoms with E-state index in [1.54, 1.807) is 32.0 Å². The lowest BCUT2D eigenvalue weighted by Gasteiger charge is -2.22. The third-order valence-electron chi connectivity index (χ3n) is 2.66. The summed E-state index contributed by atoms with van der Waals surface area (Å²) in [6.07, 6.45) is 0. The predicted octanol–water partition coefficient (Wildman–Crippen LogP) is 3.12. The molecule has 0 saturated heterocycles. The molecule has 0 heterocycles. The standard InChI is InChI=1S/C14H17ClO4/c1-9(16)10-5-6-12(11(15)7-10)19-8-14(2,3)13(17)18-4/h5-7H,8H2,1-4H3. The zero-order chi connectivity index (χ0) is 14.6. The molecule has 19 heavy (non-hydrogen) atoms. The van der Waals surface area contributed by atoms with Crippen LogP contribution in [0, 0.1) is 5.41 Å². The van der Waals surface area contributed by atoms with Gasteiger partial charge in [-0.15, -0.1) is 0 Å². The number of carbonyl (C=O) groups excluding carboxylic acids is 2. The number of hydrogen-bond acceptors (Lipinski definition) is 4. The average Bonchev–Trinajstić information content (AvgIpc) is 2.36. The smallest absolute Gasteiger partial charge is 0.314 e. The highest BCUT2D eigenvalue weighted by molar-refractivity contribution is 6.32. The van der Waals surface area contributed by atoms with Crippen LogP contribution in [0.25, 0.3) is 0 Å². The molecule has 0 aliphatic rings. The second-order valence-corrected chi connectivity index (χ2v) is 5.27. The van der Waals surface area contributed by atoms with E-state index in [1.807, 2.05) is 0 Å². The van der Waals surface area contributed by atoms with Crippen molar-refractivity contribution in [2.75, 3.05) is 13.7 Å². The van der Waals surface area contributed by atoms with E-state index in [9.17, 15) is 9.59 Å². The average molecular weight is 285 g/mol. The molecule has 0 spiro atoms. The van der Waals surface area contributed by atoms with Crippen LogP contribution < -0.4 is 4.74 Å². The Balaban J connectivity index is 2.79. The summed E-state index contributed by atoms with van der Waals surface area (Å²) in [5, 5.41) is 0.341. The van der Waals surface area contributed by atoms with Gasteiger partial charge in [0.05, 0.1) is 17.5 Å². The van der Waals surface area contributed by atoms with Gasteiger partial charge in [0.2, 0.25) is 0 Å². The number of esters is 1. The van der Waals surface area contributed by atoms with Gasteiger partial charge in [-0.25, -0.2) is 0 Å². The third kappa shape index (κ3) is 3.96. The van der Waals surface area contributed by atoms with Crippen LogP contribution in [0.15, 0.2) is 18.2 Å². The van der Waals surface area contributed by atoms with Gasteiger partial charge < -0.3 is 9.47 Å².